The Labute approximate surface area is 125 Å². The summed E-state index contributed by atoms with van der Waals surface area (Å²) in [6.45, 7) is 5.05. The quantitative estimate of drug-likeness (QED) is 0.751. The largest absolute Gasteiger partial charge is 0.364 e. The summed E-state index contributed by atoms with van der Waals surface area (Å²) >= 11 is 6.31. The lowest BCUT2D eigenvalue weighted by Gasteiger charge is -2.30. The minimum absolute atomic E-state index is 0.315. The lowest BCUT2D eigenvalue weighted by Crippen LogP contribution is -2.30. The first kappa shape index (κ1) is 14.6. The van der Waals surface area contributed by atoms with Gasteiger partial charge in [-0.1, -0.05) is 41.9 Å². The third kappa shape index (κ3) is 3.40. The van der Waals surface area contributed by atoms with Crippen molar-refractivity contribution >= 4 is 23.6 Å². The van der Waals surface area contributed by atoms with Crippen LogP contribution in [0.1, 0.15) is 29.8 Å². The maximum Gasteiger partial charge on any atom is 0.150 e. The molecule has 3 heteroatoms. The molecule has 2 rings (SSSR count). The number of rotatable bonds is 5. The van der Waals surface area contributed by atoms with Crippen LogP contribution in [0, 0.1) is 0 Å². The third-order valence-electron chi connectivity index (χ3n) is 3.24. The number of hydrogen-bond donors (Lipinski definition) is 0. The summed E-state index contributed by atoms with van der Waals surface area (Å²) in [6.07, 6.45) is 0.812. The normalized spacial score (nSPS) is 10.6. The number of carbonyl (C=O) groups is 1. The summed E-state index contributed by atoms with van der Waals surface area (Å²) < 4.78 is 0. The SMILES string of the molecule is CC(C)N(Cc1ccccc1)c1ccc(C=O)cc1Cl. The Morgan fingerprint density at radius 3 is 2.40 bits per heavy atom. The van der Waals surface area contributed by atoms with Crippen LogP contribution in [-0.4, -0.2) is 12.3 Å². The summed E-state index contributed by atoms with van der Waals surface area (Å²) in [4.78, 5) is 13.0. The van der Waals surface area contributed by atoms with Gasteiger partial charge >= 0.3 is 0 Å². The van der Waals surface area contributed by atoms with Crippen LogP contribution in [0.4, 0.5) is 5.69 Å². The molecule has 0 aliphatic rings. The molecule has 2 aromatic carbocycles. The van der Waals surface area contributed by atoms with Crippen LogP contribution < -0.4 is 4.90 Å². The van der Waals surface area contributed by atoms with E-state index in [4.69, 9.17) is 11.6 Å². The first-order valence-corrected chi connectivity index (χ1v) is 7.05. The average Bonchev–Trinajstić information content (AvgIpc) is 2.46. The summed E-state index contributed by atoms with van der Waals surface area (Å²) in [6, 6.07) is 16.0. The molecule has 0 amide bonds. The van der Waals surface area contributed by atoms with E-state index in [0.29, 0.717) is 16.6 Å². The summed E-state index contributed by atoms with van der Waals surface area (Å²) in [5.74, 6) is 0. The van der Waals surface area contributed by atoms with Crippen molar-refractivity contribution in [3.8, 4) is 0 Å². The van der Waals surface area contributed by atoms with Crippen molar-refractivity contribution in [2.45, 2.75) is 26.4 Å². The van der Waals surface area contributed by atoms with Gasteiger partial charge in [-0.15, -0.1) is 0 Å². The van der Waals surface area contributed by atoms with Gasteiger partial charge in [0, 0.05) is 18.2 Å². The van der Waals surface area contributed by atoms with E-state index in [9.17, 15) is 4.79 Å². The van der Waals surface area contributed by atoms with Crippen LogP contribution >= 0.6 is 11.6 Å². The smallest absolute Gasteiger partial charge is 0.150 e. The molecule has 0 unspecified atom stereocenters. The van der Waals surface area contributed by atoms with Gasteiger partial charge in [0.1, 0.15) is 6.29 Å². The van der Waals surface area contributed by atoms with Gasteiger partial charge in [0.05, 0.1) is 10.7 Å². The van der Waals surface area contributed by atoms with E-state index in [-0.39, 0.29) is 0 Å². The van der Waals surface area contributed by atoms with Crippen LogP contribution in [0.25, 0.3) is 0 Å². The predicted octanol–water partition coefficient (Wildman–Crippen LogP) is 4.57. The van der Waals surface area contributed by atoms with Crippen molar-refractivity contribution < 1.29 is 4.79 Å². The van der Waals surface area contributed by atoms with E-state index in [2.05, 4.69) is 30.9 Å². The Kier molecular flexibility index (Phi) is 4.80. The van der Waals surface area contributed by atoms with Crippen molar-refractivity contribution in [2.75, 3.05) is 4.90 Å². The fourth-order valence-electron chi connectivity index (χ4n) is 2.16. The number of anilines is 1. The topological polar surface area (TPSA) is 20.3 Å². The van der Waals surface area contributed by atoms with Crippen LogP contribution in [-0.2, 0) is 6.54 Å². The molecule has 0 aliphatic heterocycles. The number of halogens is 1. The number of carbonyl (C=O) groups excluding carboxylic acids is 1. The molecule has 0 aliphatic carbocycles. The van der Waals surface area contributed by atoms with E-state index < -0.39 is 0 Å². The molecule has 0 saturated carbocycles. The highest BCUT2D eigenvalue weighted by Gasteiger charge is 2.14. The van der Waals surface area contributed by atoms with Gasteiger partial charge in [0.2, 0.25) is 0 Å². The van der Waals surface area contributed by atoms with Crippen molar-refractivity contribution in [3.05, 3.63) is 64.7 Å². The van der Waals surface area contributed by atoms with Crippen molar-refractivity contribution in [3.63, 3.8) is 0 Å². The van der Waals surface area contributed by atoms with Gasteiger partial charge in [-0.05, 0) is 37.6 Å². The highest BCUT2D eigenvalue weighted by Crippen LogP contribution is 2.29. The fourth-order valence-corrected chi connectivity index (χ4v) is 2.45. The molecule has 0 N–H and O–H groups in total. The minimum atomic E-state index is 0.315. The van der Waals surface area contributed by atoms with Crippen molar-refractivity contribution in [1.82, 2.24) is 0 Å². The van der Waals surface area contributed by atoms with Crippen molar-refractivity contribution in [1.29, 1.82) is 0 Å². The zero-order valence-electron chi connectivity index (χ0n) is 11.7. The molecule has 0 bridgehead atoms. The van der Waals surface area contributed by atoms with Crippen molar-refractivity contribution in [2.24, 2.45) is 0 Å². The van der Waals surface area contributed by atoms with Gasteiger partial charge in [-0.2, -0.15) is 0 Å². The van der Waals surface area contributed by atoms with Gasteiger partial charge in [-0.3, -0.25) is 4.79 Å². The maximum atomic E-state index is 10.8. The summed E-state index contributed by atoms with van der Waals surface area (Å²) in [7, 11) is 0. The molecule has 0 fully saturated rings. The number of nitrogens with zero attached hydrogens (tertiary/aromatic N) is 1. The highest BCUT2D eigenvalue weighted by molar-refractivity contribution is 6.33. The summed E-state index contributed by atoms with van der Waals surface area (Å²) in [5, 5.41) is 0.610. The Morgan fingerprint density at radius 2 is 1.85 bits per heavy atom. The van der Waals surface area contributed by atoms with Gasteiger partial charge in [-0.25, -0.2) is 0 Å². The Balaban J connectivity index is 2.31. The molecular formula is C17H18ClNO. The molecule has 0 spiro atoms. The van der Waals surface area contributed by atoms with Crippen LogP contribution in [0.2, 0.25) is 5.02 Å². The average molecular weight is 288 g/mol. The Morgan fingerprint density at radius 1 is 1.15 bits per heavy atom. The van der Waals surface area contributed by atoms with Crippen LogP contribution in [0.5, 0.6) is 0 Å². The number of benzene rings is 2. The Hall–Kier alpha value is -1.80. The van der Waals surface area contributed by atoms with Crippen LogP contribution in [0.15, 0.2) is 48.5 Å². The molecule has 20 heavy (non-hydrogen) atoms. The van der Waals surface area contributed by atoms with Gasteiger partial charge in [0.25, 0.3) is 0 Å². The molecule has 0 aromatic heterocycles. The molecule has 0 heterocycles. The monoisotopic (exact) mass is 287 g/mol. The molecule has 2 nitrogen and oxygen atoms in total. The molecule has 104 valence electrons. The lowest BCUT2D eigenvalue weighted by atomic mass is 10.1. The predicted molar refractivity (Wildman–Crippen MR) is 84.6 cm³/mol. The van der Waals surface area contributed by atoms with E-state index in [0.717, 1.165) is 18.5 Å². The van der Waals surface area contributed by atoms with E-state index in [1.807, 2.05) is 24.3 Å². The van der Waals surface area contributed by atoms with E-state index in [1.54, 1.807) is 12.1 Å². The van der Waals surface area contributed by atoms with Crippen LogP contribution in [0.3, 0.4) is 0 Å². The zero-order chi connectivity index (χ0) is 14.5. The second kappa shape index (κ2) is 6.58. The molecule has 0 saturated heterocycles. The second-order valence-corrected chi connectivity index (χ2v) is 5.44. The first-order valence-electron chi connectivity index (χ1n) is 6.67. The summed E-state index contributed by atoms with van der Waals surface area (Å²) in [5.41, 5.74) is 2.79. The third-order valence-corrected chi connectivity index (χ3v) is 3.54. The molecule has 0 radical (unpaired) electrons. The zero-order valence-corrected chi connectivity index (χ0v) is 12.5. The van der Waals surface area contributed by atoms with E-state index >= 15 is 0 Å². The van der Waals surface area contributed by atoms with Gasteiger partial charge in [0.15, 0.2) is 0 Å². The minimum Gasteiger partial charge on any atom is -0.364 e. The van der Waals surface area contributed by atoms with E-state index in [1.165, 1.54) is 5.56 Å². The second-order valence-electron chi connectivity index (χ2n) is 5.04. The number of hydrogen-bond acceptors (Lipinski definition) is 2. The van der Waals surface area contributed by atoms with Gasteiger partial charge < -0.3 is 4.90 Å². The maximum absolute atomic E-state index is 10.8. The molecular weight excluding hydrogens is 270 g/mol. The number of aldehydes is 1. The standard InChI is InChI=1S/C17H18ClNO/c1-13(2)19(11-14-6-4-3-5-7-14)17-9-8-15(12-20)10-16(17)18/h3-10,12-13H,11H2,1-2H3. The molecule has 0 atom stereocenters. The fraction of sp³-hybridized carbons (Fsp3) is 0.235. The first-order chi connectivity index (χ1) is 9.61. The lowest BCUT2D eigenvalue weighted by molar-refractivity contribution is 0.112. The highest BCUT2D eigenvalue weighted by atomic mass is 35.5. The molecule has 2 aromatic rings. The Bertz CT molecular complexity index is 581.